The molecule has 1 aliphatic rings. The zero-order valence-electron chi connectivity index (χ0n) is 16.6. The highest BCUT2D eigenvalue weighted by Gasteiger charge is 2.35. The molecule has 1 aromatic heterocycles. The van der Waals surface area contributed by atoms with Crippen molar-refractivity contribution in [3.8, 4) is 0 Å². The lowest BCUT2D eigenvalue weighted by atomic mass is 10.2. The van der Waals surface area contributed by atoms with Gasteiger partial charge in [0.15, 0.2) is 0 Å². The number of ether oxygens (including phenoxy) is 1. The summed E-state index contributed by atoms with van der Waals surface area (Å²) in [6.07, 6.45) is 2.13. The van der Waals surface area contributed by atoms with E-state index in [4.69, 9.17) is 16.3 Å². The van der Waals surface area contributed by atoms with Crippen LogP contribution in [0.25, 0.3) is 0 Å². The molecular formula is C20H27ClN4O3. The number of unbranched alkanes of at least 4 members (excludes halogenated alkanes) is 1. The Labute approximate surface area is 169 Å². The second-order valence-corrected chi connectivity index (χ2v) is 7.41. The minimum absolute atomic E-state index is 0.289. The fraction of sp³-hybridized carbons (Fsp3) is 0.500. The van der Waals surface area contributed by atoms with Gasteiger partial charge in [-0.05, 0) is 30.5 Å². The molecule has 0 saturated heterocycles. The van der Waals surface area contributed by atoms with E-state index >= 15 is 0 Å². The summed E-state index contributed by atoms with van der Waals surface area (Å²) >= 11 is 6.00. The standard InChI is InChI=1S/C20H27ClN4O3/c1-4-6-12-28-19-22-17-16(18(26)24(11-5-2)20(27)23(17)3)25(19)13-14-7-9-15(21)10-8-14/h7-10,19,22H,4-6,11-13H2,1-3H3. The average Bonchev–Trinajstić information content (AvgIpc) is 3.04. The largest absolute Gasteiger partial charge is 0.340 e. The van der Waals surface area contributed by atoms with Crippen LogP contribution in [0.1, 0.15) is 38.7 Å². The number of rotatable bonds is 8. The maximum Gasteiger partial charge on any atom is 0.332 e. The molecule has 28 heavy (non-hydrogen) atoms. The van der Waals surface area contributed by atoms with Crippen LogP contribution in [0.4, 0.5) is 11.5 Å². The molecular weight excluding hydrogens is 380 g/mol. The molecule has 0 radical (unpaired) electrons. The van der Waals surface area contributed by atoms with E-state index in [2.05, 4.69) is 12.2 Å². The second-order valence-electron chi connectivity index (χ2n) is 6.97. The molecule has 1 aliphatic heterocycles. The predicted octanol–water partition coefficient (Wildman–Crippen LogP) is 3.14. The summed E-state index contributed by atoms with van der Waals surface area (Å²) in [5.74, 6) is 0.498. The van der Waals surface area contributed by atoms with E-state index in [9.17, 15) is 9.59 Å². The first-order valence-corrected chi connectivity index (χ1v) is 10.1. The minimum atomic E-state index is -0.506. The molecule has 1 unspecified atom stereocenters. The number of nitrogens with one attached hydrogen (secondary N) is 1. The zero-order valence-corrected chi connectivity index (χ0v) is 17.3. The molecule has 2 heterocycles. The van der Waals surface area contributed by atoms with Crippen molar-refractivity contribution in [2.45, 2.75) is 52.6 Å². The van der Waals surface area contributed by atoms with Crippen LogP contribution in [0, 0.1) is 0 Å². The van der Waals surface area contributed by atoms with Crippen molar-refractivity contribution in [2.24, 2.45) is 7.05 Å². The van der Waals surface area contributed by atoms with Gasteiger partial charge < -0.3 is 15.0 Å². The first-order valence-electron chi connectivity index (χ1n) is 9.71. The Balaban J connectivity index is 2.04. The fourth-order valence-electron chi connectivity index (χ4n) is 3.33. The summed E-state index contributed by atoms with van der Waals surface area (Å²) in [6.45, 7) is 5.46. The number of anilines is 2. The topological polar surface area (TPSA) is 68.5 Å². The van der Waals surface area contributed by atoms with Crippen LogP contribution < -0.4 is 21.5 Å². The van der Waals surface area contributed by atoms with E-state index in [1.54, 1.807) is 7.05 Å². The molecule has 1 atom stereocenters. The Morgan fingerprint density at radius 3 is 2.50 bits per heavy atom. The second kappa shape index (κ2) is 8.84. The number of nitrogens with zero attached hydrogens (tertiary/aromatic N) is 3. The lowest BCUT2D eigenvalue weighted by molar-refractivity contribution is 0.0701. The fourth-order valence-corrected chi connectivity index (χ4v) is 3.45. The number of fused-ring (bicyclic) bond motifs is 1. The Morgan fingerprint density at radius 2 is 1.86 bits per heavy atom. The van der Waals surface area contributed by atoms with Gasteiger partial charge in [-0.3, -0.25) is 13.9 Å². The van der Waals surface area contributed by atoms with Gasteiger partial charge in [-0.25, -0.2) is 4.79 Å². The van der Waals surface area contributed by atoms with Crippen LogP contribution in [-0.4, -0.2) is 22.1 Å². The summed E-state index contributed by atoms with van der Waals surface area (Å²) in [6, 6.07) is 7.50. The van der Waals surface area contributed by atoms with E-state index in [0.29, 0.717) is 42.6 Å². The maximum absolute atomic E-state index is 13.1. The Morgan fingerprint density at radius 1 is 1.14 bits per heavy atom. The third kappa shape index (κ3) is 3.95. The average molecular weight is 407 g/mol. The SMILES string of the molecule is CCCCOC1Nc2c(c(=O)n(CCC)c(=O)n2C)N1Cc1ccc(Cl)cc1. The molecule has 0 saturated carbocycles. The van der Waals surface area contributed by atoms with Crippen LogP contribution in [0.2, 0.25) is 5.02 Å². The van der Waals surface area contributed by atoms with Gasteiger partial charge in [0.05, 0.1) is 6.61 Å². The monoisotopic (exact) mass is 406 g/mol. The highest BCUT2D eigenvalue weighted by atomic mass is 35.5. The first-order chi connectivity index (χ1) is 13.5. The van der Waals surface area contributed by atoms with E-state index in [-0.39, 0.29) is 11.2 Å². The minimum Gasteiger partial charge on any atom is -0.340 e. The van der Waals surface area contributed by atoms with E-state index in [1.165, 1.54) is 9.13 Å². The van der Waals surface area contributed by atoms with Crippen molar-refractivity contribution in [1.29, 1.82) is 0 Å². The van der Waals surface area contributed by atoms with Gasteiger partial charge in [0.25, 0.3) is 5.56 Å². The van der Waals surface area contributed by atoms with Gasteiger partial charge in [-0.2, -0.15) is 0 Å². The molecule has 0 bridgehead atoms. The van der Waals surface area contributed by atoms with E-state index < -0.39 is 6.35 Å². The normalized spacial score (nSPS) is 15.6. The summed E-state index contributed by atoms with van der Waals surface area (Å²) in [5, 5.41) is 3.88. The van der Waals surface area contributed by atoms with Gasteiger partial charge in [-0.1, -0.05) is 44.0 Å². The smallest absolute Gasteiger partial charge is 0.332 e. The Bertz CT molecular complexity index is 936. The van der Waals surface area contributed by atoms with Crippen molar-refractivity contribution in [1.82, 2.24) is 9.13 Å². The molecule has 0 spiro atoms. The molecule has 152 valence electrons. The van der Waals surface area contributed by atoms with Gasteiger partial charge in [0.2, 0.25) is 6.35 Å². The number of aromatic nitrogens is 2. The number of hydrogen-bond acceptors (Lipinski definition) is 5. The van der Waals surface area contributed by atoms with Gasteiger partial charge in [0, 0.05) is 25.2 Å². The number of benzene rings is 1. The third-order valence-electron chi connectivity index (χ3n) is 4.84. The van der Waals surface area contributed by atoms with Crippen LogP contribution in [0.5, 0.6) is 0 Å². The van der Waals surface area contributed by atoms with Crippen LogP contribution in [0.15, 0.2) is 33.9 Å². The molecule has 8 heteroatoms. The van der Waals surface area contributed by atoms with Gasteiger partial charge in [0.1, 0.15) is 11.5 Å². The van der Waals surface area contributed by atoms with Gasteiger partial charge >= 0.3 is 5.69 Å². The highest BCUT2D eigenvalue weighted by Crippen LogP contribution is 2.32. The quantitative estimate of drug-likeness (QED) is 0.682. The van der Waals surface area contributed by atoms with Crippen molar-refractivity contribution >= 4 is 23.1 Å². The van der Waals surface area contributed by atoms with Crippen molar-refractivity contribution in [3.63, 3.8) is 0 Å². The van der Waals surface area contributed by atoms with Crippen LogP contribution in [-0.2, 0) is 24.9 Å². The Kier molecular flexibility index (Phi) is 6.46. The highest BCUT2D eigenvalue weighted by molar-refractivity contribution is 6.30. The molecule has 1 aromatic carbocycles. The molecule has 3 rings (SSSR count). The van der Waals surface area contributed by atoms with Crippen molar-refractivity contribution < 1.29 is 4.74 Å². The van der Waals surface area contributed by atoms with Crippen LogP contribution >= 0.6 is 11.6 Å². The predicted molar refractivity (Wildman–Crippen MR) is 112 cm³/mol. The molecule has 0 amide bonds. The molecule has 0 fully saturated rings. The lowest BCUT2D eigenvalue weighted by Crippen LogP contribution is -2.42. The number of hydrogen-bond donors (Lipinski definition) is 1. The maximum atomic E-state index is 13.1. The lowest BCUT2D eigenvalue weighted by Gasteiger charge is -2.26. The molecule has 2 aromatic rings. The van der Waals surface area contributed by atoms with Crippen molar-refractivity contribution in [2.75, 3.05) is 16.8 Å². The summed E-state index contributed by atoms with van der Waals surface area (Å²) in [4.78, 5) is 27.7. The molecule has 0 aliphatic carbocycles. The summed E-state index contributed by atoms with van der Waals surface area (Å²) in [7, 11) is 1.68. The van der Waals surface area contributed by atoms with Crippen molar-refractivity contribution in [3.05, 3.63) is 55.7 Å². The zero-order chi connectivity index (χ0) is 20.3. The third-order valence-corrected chi connectivity index (χ3v) is 5.09. The van der Waals surface area contributed by atoms with Gasteiger partial charge in [-0.15, -0.1) is 0 Å². The first kappa shape index (κ1) is 20.5. The van der Waals surface area contributed by atoms with E-state index in [0.717, 1.165) is 18.4 Å². The molecule has 7 nitrogen and oxygen atoms in total. The summed E-state index contributed by atoms with van der Waals surface area (Å²) < 4.78 is 8.80. The number of halogens is 1. The Hall–Kier alpha value is -2.25. The molecule has 1 N–H and O–H groups in total. The van der Waals surface area contributed by atoms with Crippen LogP contribution in [0.3, 0.4) is 0 Å². The van der Waals surface area contributed by atoms with E-state index in [1.807, 2.05) is 36.1 Å². The summed E-state index contributed by atoms with van der Waals surface area (Å²) in [5.41, 5.74) is 0.854.